The molecular formula is C19H25N3O3. The zero-order valence-corrected chi connectivity index (χ0v) is 14.7. The van der Waals surface area contributed by atoms with Crippen molar-refractivity contribution in [3.8, 4) is 0 Å². The van der Waals surface area contributed by atoms with Crippen molar-refractivity contribution in [3.05, 3.63) is 48.0 Å². The first-order valence-corrected chi connectivity index (χ1v) is 8.67. The van der Waals surface area contributed by atoms with E-state index < -0.39 is 5.60 Å². The number of piperidine rings is 1. The van der Waals surface area contributed by atoms with Crippen molar-refractivity contribution < 1.29 is 14.3 Å². The van der Waals surface area contributed by atoms with Crippen LogP contribution in [0.5, 0.6) is 0 Å². The van der Waals surface area contributed by atoms with Crippen LogP contribution in [0, 0.1) is 12.8 Å². The van der Waals surface area contributed by atoms with Gasteiger partial charge in [-0.25, -0.2) is 4.98 Å². The van der Waals surface area contributed by atoms with Gasteiger partial charge in [0.1, 0.15) is 17.2 Å². The van der Waals surface area contributed by atoms with E-state index in [1.54, 1.807) is 19.1 Å². The van der Waals surface area contributed by atoms with Crippen molar-refractivity contribution in [1.29, 1.82) is 0 Å². The predicted octanol–water partition coefficient (Wildman–Crippen LogP) is 2.22. The molecule has 1 fully saturated rings. The minimum Gasteiger partial charge on any atom is -0.466 e. The van der Waals surface area contributed by atoms with Gasteiger partial charge in [0.15, 0.2) is 0 Å². The monoisotopic (exact) mass is 343 g/mol. The Morgan fingerprint density at radius 1 is 1.40 bits per heavy atom. The normalized spacial score (nSPS) is 18.0. The number of aromatic nitrogens is 1. The van der Waals surface area contributed by atoms with E-state index in [1.807, 2.05) is 19.2 Å². The third-order valence-electron chi connectivity index (χ3n) is 4.74. The highest BCUT2D eigenvalue weighted by molar-refractivity contribution is 5.79. The summed E-state index contributed by atoms with van der Waals surface area (Å²) >= 11 is 0. The number of hydrogen-bond acceptors (Lipinski definition) is 5. The smallest absolute Gasteiger partial charge is 0.223 e. The number of nitrogens with zero attached hydrogens (tertiary/aromatic N) is 2. The first kappa shape index (κ1) is 17.5. The van der Waals surface area contributed by atoms with Gasteiger partial charge >= 0.3 is 0 Å². The fraction of sp³-hybridized carbons (Fsp3) is 0.474. The first-order chi connectivity index (χ1) is 12.0. The van der Waals surface area contributed by atoms with Gasteiger partial charge < -0.3 is 19.7 Å². The summed E-state index contributed by atoms with van der Waals surface area (Å²) in [5.74, 6) is 1.37. The Labute approximate surface area is 147 Å². The van der Waals surface area contributed by atoms with E-state index in [0.29, 0.717) is 5.76 Å². The average Bonchev–Trinajstić information content (AvgIpc) is 3.16. The van der Waals surface area contributed by atoms with Crippen molar-refractivity contribution in [2.24, 2.45) is 5.92 Å². The molecule has 1 amide bonds. The molecular weight excluding hydrogens is 318 g/mol. The van der Waals surface area contributed by atoms with E-state index in [-0.39, 0.29) is 18.4 Å². The van der Waals surface area contributed by atoms with Crippen LogP contribution >= 0.6 is 0 Å². The molecule has 1 atom stereocenters. The molecule has 0 radical (unpaired) electrons. The Morgan fingerprint density at radius 3 is 2.76 bits per heavy atom. The fourth-order valence-corrected chi connectivity index (χ4v) is 3.09. The summed E-state index contributed by atoms with van der Waals surface area (Å²) < 4.78 is 5.23. The third kappa shape index (κ3) is 4.20. The molecule has 2 N–H and O–H groups in total. The highest BCUT2D eigenvalue weighted by Crippen LogP contribution is 2.23. The highest BCUT2D eigenvalue weighted by Gasteiger charge is 2.30. The van der Waals surface area contributed by atoms with Crippen molar-refractivity contribution in [2.45, 2.75) is 32.3 Å². The molecule has 0 saturated carbocycles. The molecule has 3 rings (SSSR count). The zero-order chi connectivity index (χ0) is 17.9. The number of nitrogens with one attached hydrogen (secondary N) is 1. The Bertz CT molecular complexity index is 687. The second-order valence-electron chi connectivity index (χ2n) is 6.92. The number of carbonyl (C=O) groups is 1. The molecule has 25 heavy (non-hydrogen) atoms. The quantitative estimate of drug-likeness (QED) is 0.870. The van der Waals surface area contributed by atoms with Crippen molar-refractivity contribution in [1.82, 2.24) is 10.3 Å². The molecule has 1 saturated heterocycles. The average molecular weight is 343 g/mol. The maximum absolute atomic E-state index is 12.4. The van der Waals surface area contributed by atoms with Gasteiger partial charge in [0, 0.05) is 25.2 Å². The molecule has 3 heterocycles. The Morgan fingerprint density at radius 2 is 2.16 bits per heavy atom. The van der Waals surface area contributed by atoms with Crippen LogP contribution in [-0.2, 0) is 10.4 Å². The summed E-state index contributed by atoms with van der Waals surface area (Å²) in [6, 6.07) is 7.51. The maximum atomic E-state index is 12.4. The van der Waals surface area contributed by atoms with Crippen LogP contribution in [0.4, 0.5) is 5.82 Å². The summed E-state index contributed by atoms with van der Waals surface area (Å²) in [6.07, 6.45) is 4.94. The van der Waals surface area contributed by atoms with Crippen molar-refractivity contribution in [3.63, 3.8) is 0 Å². The molecule has 0 bridgehead atoms. The molecule has 0 aromatic carbocycles. The molecule has 6 heteroatoms. The van der Waals surface area contributed by atoms with E-state index >= 15 is 0 Å². The molecule has 0 spiro atoms. The summed E-state index contributed by atoms with van der Waals surface area (Å²) in [5.41, 5.74) is -0.0623. The van der Waals surface area contributed by atoms with Crippen LogP contribution in [0.2, 0.25) is 0 Å². The zero-order valence-electron chi connectivity index (χ0n) is 14.7. The molecule has 2 aromatic rings. The van der Waals surface area contributed by atoms with Gasteiger partial charge in [0.25, 0.3) is 0 Å². The predicted molar refractivity (Wildman–Crippen MR) is 95.2 cm³/mol. The lowest BCUT2D eigenvalue weighted by atomic mass is 9.95. The Hall–Kier alpha value is -2.34. The fourth-order valence-electron chi connectivity index (χ4n) is 3.09. The van der Waals surface area contributed by atoms with Gasteiger partial charge in [0.05, 0.1) is 12.8 Å². The number of carbonyl (C=O) groups excluding carboxylic acids is 1. The van der Waals surface area contributed by atoms with Crippen LogP contribution in [0.1, 0.15) is 31.1 Å². The maximum Gasteiger partial charge on any atom is 0.223 e. The minimum atomic E-state index is -1.20. The highest BCUT2D eigenvalue weighted by atomic mass is 16.4. The summed E-state index contributed by atoms with van der Waals surface area (Å²) in [5, 5.41) is 13.3. The minimum absolute atomic E-state index is 0.0108. The van der Waals surface area contributed by atoms with Crippen LogP contribution in [-0.4, -0.2) is 35.6 Å². The van der Waals surface area contributed by atoms with Gasteiger partial charge in [-0.05, 0) is 50.5 Å². The lowest BCUT2D eigenvalue weighted by Crippen LogP contribution is -2.44. The molecule has 134 valence electrons. The summed E-state index contributed by atoms with van der Waals surface area (Å²) in [6.45, 7) is 5.41. The van der Waals surface area contributed by atoms with Crippen LogP contribution in [0.3, 0.4) is 0 Å². The van der Waals surface area contributed by atoms with E-state index in [4.69, 9.17) is 4.42 Å². The molecule has 1 unspecified atom stereocenters. The second kappa shape index (κ2) is 7.27. The topological polar surface area (TPSA) is 78.6 Å². The van der Waals surface area contributed by atoms with Crippen LogP contribution in [0.25, 0.3) is 0 Å². The first-order valence-electron chi connectivity index (χ1n) is 8.67. The third-order valence-corrected chi connectivity index (χ3v) is 4.74. The van der Waals surface area contributed by atoms with Gasteiger partial charge in [-0.1, -0.05) is 6.07 Å². The number of aliphatic hydroxyl groups is 1. The number of pyridine rings is 1. The molecule has 1 aliphatic rings. The van der Waals surface area contributed by atoms with Gasteiger partial charge in [-0.3, -0.25) is 4.79 Å². The van der Waals surface area contributed by atoms with Crippen LogP contribution in [0.15, 0.2) is 41.1 Å². The standard InChI is InChI=1S/C19H25N3O3/c1-14-5-6-17(20-12-14)22-9-7-15(8-10-22)18(23)21-13-19(2,24)16-4-3-11-25-16/h3-6,11-12,15,24H,7-10,13H2,1-2H3,(H,21,23). The summed E-state index contributed by atoms with van der Waals surface area (Å²) in [4.78, 5) is 19.1. The van der Waals surface area contributed by atoms with Gasteiger partial charge in [-0.2, -0.15) is 0 Å². The van der Waals surface area contributed by atoms with Gasteiger partial charge in [0.2, 0.25) is 5.91 Å². The molecule has 6 nitrogen and oxygen atoms in total. The van der Waals surface area contributed by atoms with Crippen molar-refractivity contribution >= 4 is 11.7 Å². The molecule has 0 aliphatic carbocycles. The molecule has 1 aliphatic heterocycles. The number of furan rings is 1. The van der Waals surface area contributed by atoms with E-state index in [1.165, 1.54) is 6.26 Å². The number of amides is 1. The van der Waals surface area contributed by atoms with E-state index in [0.717, 1.165) is 37.3 Å². The van der Waals surface area contributed by atoms with Crippen LogP contribution < -0.4 is 10.2 Å². The van der Waals surface area contributed by atoms with Crippen molar-refractivity contribution in [2.75, 3.05) is 24.5 Å². The number of anilines is 1. The number of aryl methyl sites for hydroxylation is 1. The molecule has 2 aromatic heterocycles. The summed E-state index contributed by atoms with van der Waals surface area (Å²) in [7, 11) is 0. The number of rotatable bonds is 5. The lowest BCUT2D eigenvalue weighted by Gasteiger charge is -2.32. The Kier molecular flexibility index (Phi) is 5.08. The second-order valence-corrected chi connectivity index (χ2v) is 6.92. The Balaban J connectivity index is 1.49. The number of hydrogen-bond donors (Lipinski definition) is 2. The van der Waals surface area contributed by atoms with E-state index in [9.17, 15) is 9.90 Å². The largest absolute Gasteiger partial charge is 0.466 e. The lowest BCUT2D eigenvalue weighted by molar-refractivity contribution is -0.127. The van der Waals surface area contributed by atoms with Gasteiger partial charge in [-0.15, -0.1) is 0 Å². The SMILES string of the molecule is Cc1ccc(N2CCC(C(=O)NCC(C)(O)c3ccco3)CC2)nc1. The van der Waals surface area contributed by atoms with E-state index in [2.05, 4.69) is 21.3 Å².